The van der Waals surface area contributed by atoms with Crippen LogP contribution in [0.15, 0.2) is 28.7 Å². The standard InChI is InChI=1S/C15H22BrN5O2/c1-2-11-14(9-3-5-10(16)6-4-9)20-21-15(11)19-13(23)8-18-12(22)7-17/h3-6,11,14-15,20-21H,2,7-8,17H2,1H3,(H,18,22)(H,19,23). The van der Waals surface area contributed by atoms with Crippen molar-refractivity contribution >= 4 is 27.7 Å². The topological polar surface area (TPSA) is 108 Å². The Bertz CT molecular complexity index is 551. The minimum atomic E-state index is -0.350. The summed E-state index contributed by atoms with van der Waals surface area (Å²) in [5.74, 6) is -0.399. The molecule has 1 aromatic carbocycles. The number of carbonyl (C=O) groups is 2. The molecule has 23 heavy (non-hydrogen) atoms. The maximum absolute atomic E-state index is 11.9. The first-order valence-corrected chi connectivity index (χ1v) is 8.37. The molecule has 3 atom stereocenters. The van der Waals surface area contributed by atoms with Gasteiger partial charge in [0, 0.05) is 10.4 Å². The molecule has 126 valence electrons. The lowest BCUT2D eigenvalue weighted by molar-refractivity contribution is -0.126. The molecule has 1 aromatic rings. The number of nitrogens with one attached hydrogen (secondary N) is 4. The van der Waals surface area contributed by atoms with Gasteiger partial charge in [0.15, 0.2) is 0 Å². The zero-order valence-corrected chi connectivity index (χ0v) is 14.5. The summed E-state index contributed by atoms with van der Waals surface area (Å²) in [6.07, 6.45) is 0.692. The van der Waals surface area contributed by atoms with E-state index in [1.54, 1.807) is 0 Å². The van der Waals surface area contributed by atoms with Gasteiger partial charge in [-0.2, -0.15) is 0 Å². The van der Waals surface area contributed by atoms with Gasteiger partial charge in [-0.05, 0) is 24.1 Å². The summed E-state index contributed by atoms with van der Waals surface area (Å²) < 4.78 is 1.03. The predicted molar refractivity (Wildman–Crippen MR) is 90.9 cm³/mol. The summed E-state index contributed by atoms with van der Waals surface area (Å²) in [5.41, 5.74) is 12.7. The number of hydrogen-bond donors (Lipinski definition) is 5. The Morgan fingerprint density at radius 2 is 1.91 bits per heavy atom. The minimum absolute atomic E-state index is 0.0758. The van der Waals surface area contributed by atoms with Crippen LogP contribution < -0.4 is 27.2 Å². The Kier molecular flexibility index (Phi) is 6.52. The summed E-state index contributed by atoms with van der Waals surface area (Å²) in [6.45, 7) is 1.88. The van der Waals surface area contributed by atoms with Gasteiger partial charge in [0.1, 0.15) is 0 Å². The van der Waals surface area contributed by atoms with E-state index in [4.69, 9.17) is 5.73 Å². The van der Waals surface area contributed by atoms with Crippen molar-refractivity contribution in [1.29, 1.82) is 0 Å². The Morgan fingerprint density at radius 3 is 2.52 bits per heavy atom. The van der Waals surface area contributed by atoms with Crippen molar-refractivity contribution in [3.8, 4) is 0 Å². The molecular formula is C15H22BrN5O2. The first-order valence-electron chi connectivity index (χ1n) is 7.57. The van der Waals surface area contributed by atoms with E-state index in [0.717, 1.165) is 16.5 Å². The van der Waals surface area contributed by atoms with E-state index in [2.05, 4.69) is 56.5 Å². The second kappa shape index (κ2) is 8.39. The van der Waals surface area contributed by atoms with E-state index < -0.39 is 0 Å². The van der Waals surface area contributed by atoms with Crippen molar-refractivity contribution in [2.75, 3.05) is 13.1 Å². The van der Waals surface area contributed by atoms with Gasteiger partial charge in [-0.15, -0.1) is 0 Å². The summed E-state index contributed by atoms with van der Waals surface area (Å²) >= 11 is 3.43. The number of carbonyl (C=O) groups excluding carboxylic acids is 2. The molecule has 1 heterocycles. The monoisotopic (exact) mass is 383 g/mol. The molecule has 0 bridgehead atoms. The summed E-state index contributed by atoms with van der Waals surface area (Å²) in [4.78, 5) is 23.0. The minimum Gasteiger partial charge on any atom is -0.346 e. The number of hydrogen-bond acceptors (Lipinski definition) is 5. The van der Waals surface area contributed by atoms with E-state index in [1.165, 1.54) is 0 Å². The average molecular weight is 384 g/mol. The van der Waals surface area contributed by atoms with Crippen molar-refractivity contribution < 1.29 is 9.59 Å². The zero-order chi connectivity index (χ0) is 16.8. The van der Waals surface area contributed by atoms with Crippen LogP contribution in [0.3, 0.4) is 0 Å². The van der Waals surface area contributed by atoms with Gasteiger partial charge in [-0.3, -0.25) is 9.59 Å². The van der Waals surface area contributed by atoms with Crippen molar-refractivity contribution in [3.05, 3.63) is 34.3 Å². The third-order valence-electron chi connectivity index (χ3n) is 3.90. The normalized spacial score (nSPS) is 23.5. The van der Waals surface area contributed by atoms with Crippen LogP contribution in [0, 0.1) is 5.92 Å². The lowest BCUT2D eigenvalue weighted by atomic mass is 9.90. The summed E-state index contributed by atoms with van der Waals surface area (Å²) in [7, 11) is 0. The van der Waals surface area contributed by atoms with Crippen LogP contribution in [0.25, 0.3) is 0 Å². The quantitative estimate of drug-likeness (QED) is 0.480. The number of nitrogens with two attached hydrogens (primary N) is 1. The van der Waals surface area contributed by atoms with Crippen molar-refractivity contribution in [3.63, 3.8) is 0 Å². The summed E-state index contributed by atoms with van der Waals surface area (Å²) in [6, 6.07) is 8.21. The molecule has 0 aromatic heterocycles. The zero-order valence-electron chi connectivity index (χ0n) is 12.9. The molecule has 8 heteroatoms. The van der Waals surface area contributed by atoms with Crippen LogP contribution in [-0.2, 0) is 9.59 Å². The van der Waals surface area contributed by atoms with Crippen molar-refractivity contribution in [2.45, 2.75) is 25.6 Å². The second-order valence-electron chi connectivity index (χ2n) is 5.42. The molecular weight excluding hydrogens is 362 g/mol. The molecule has 1 fully saturated rings. The fourth-order valence-corrected chi connectivity index (χ4v) is 2.94. The first kappa shape index (κ1) is 17.9. The molecule has 7 nitrogen and oxygen atoms in total. The Balaban J connectivity index is 1.95. The smallest absolute Gasteiger partial charge is 0.240 e. The molecule has 1 saturated heterocycles. The van der Waals surface area contributed by atoms with Crippen LogP contribution in [0.5, 0.6) is 0 Å². The Morgan fingerprint density at radius 1 is 1.22 bits per heavy atom. The molecule has 3 unspecified atom stereocenters. The second-order valence-corrected chi connectivity index (χ2v) is 6.33. The van der Waals surface area contributed by atoms with Crippen molar-refractivity contribution in [1.82, 2.24) is 21.5 Å². The molecule has 0 radical (unpaired) electrons. The number of rotatable bonds is 6. The average Bonchev–Trinajstić information content (AvgIpc) is 2.95. The summed E-state index contributed by atoms with van der Waals surface area (Å²) in [5, 5.41) is 5.35. The van der Waals surface area contributed by atoms with Crippen LogP contribution in [0.1, 0.15) is 24.9 Å². The Labute approximate surface area is 143 Å². The van der Waals surface area contributed by atoms with E-state index in [-0.39, 0.29) is 43.0 Å². The number of hydrazine groups is 1. The fourth-order valence-electron chi connectivity index (χ4n) is 2.68. The van der Waals surface area contributed by atoms with Gasteiger partial charge in [0.05, 0.1) is 25.3 Å². The maximum atomic E-state index is 11.9. The van der Waals surface area contributed by atoms with Gasteiger partial charge >= 0.3 is 0 Å². The maximum Gasteiger partial charge on any atom is 0.240 e. The third kappa shape index (κ3) is 4.74. The van der Waals surface area contributed by atoms with E-state index in [0.29, 0.717) is 0 Å². The molecule has 1 aliphatic heterocycles. The van der Waals surface area contributed by atoms with Gasteiger partial charge < -0.3 is 16.4 Å². The van der Waals surface area contributed by atoms with Gasteiger partial charge in [-0.1, -0.05) is 35.0 Å². The van der Waals surface area contributed by atoms with Crippen LogP contribution in [0.4, 0.5) is 0 Å². The molecule has 0 saturated carbocycles. The highest BCUT2D eigenvalue weighted by atomic mass is 79.9. The first-order chi connectivity index (χ1) is 11.0. The van der Waals surface area contributed by atoms with Crippen LogP contribution >= 0.6 is 15.9 Å². The highest BCUT2D eigenvalue weighted by Crippen LogP contribution is 2.30. The molecule has 1 aliphatic rings. The number of halogens is 1. The van der Waals surface area contributed by atoms with Gasteiger partial charge in [0.25, 0.3) is 0 Å². The SMILES string of the molecule is CCC1C(NC(=O)CNC(=O)CN)NNC1c1ccc(Br)cc1. The number of benzene rings is 1. The predicted octanol–water partition coefficient (Wildman–Crippen LogP) is 0.141. The van der Waals surface area contributed by atoms with E-state index in [9.17, 15) is 9.59 Å². The lowest BCUT2D eigenvalue weighted by Crippen LogP contribution is -2.50. The molecule has 2 rings (SSSR count). The molecule has 0 spiro atoms. The largest absolute Gasteiger partial charge is 0.346 e. The highest BCUT2D eigenvalue weighted by molar-refractivity contribution is 9.10. The molecule has 0 aliphatic carbocycles. The third-order valence-corrected chi connectivity index (χ3v) is 4.43. The highest BCUT2D eigenvalue weighted by Gasteiger charge is 2.36. The van der Waals surface area contributed by atoms with Crippen LogP contribution in [-0.4, -0.2) is 31.1 Å². The molecule has 2 amide bonds. The lowest BCUT2D eigenvalue weighted by Gasteiger charge is -2.22. The fraction of sp³-hybridized carbons (Fsp3) is 0.467. The van der Waals surface area contributed by atoms with E-state index in [1.807, 2.05) is 12.1 Å². The number of amides is 2. The van der Waals surface area contributed by atoms with Gasteiger partial charge in [-0.25, -0.2) is 10.9 Å². The van der Waals surface area contributed by atoms with Gasteiger partial charge in [0.2, 0.25) is 11.8 Å². The van der Waals surface area contributed by atoms with E-state index >= 15 is 0 Å². The van der Waals surface area contributed by atoms with Crippen molar-refractivity contribution in [2.24, 2.45) is 11.7 Å². The van der Waals surface area contributed by atoms with Crippen LogP contribution in [0.2, 0.25) is 0 Å². The molecule has 6 N–H and O–H groups in total. The Hall–Kier alpha value is -1.48.